The van der Waals surface area contributed by atoms with Gasteiger partial charge in [0.05, 0.1) is 5.57 Å². The van der Waals surface area contributed by atoms with Gasteiger partial charge in [0, 0.05) is 35.5 Å². The van der Waals surface area contributed by atoms with Crippen LogP contribution in [0.5, 0.6) is 0 Å². The SMILES string of the molecule is O=C1CCCC(O)=C1c1c[nH]c2ccccc12. The number of H-pyrrole nitrogens is 1. The fraction of sp³-hybridized carbons (Fsp3) is 0.214. The molecule has 2 N–H and O–H groups in total. The van der Waals surface area contributed by atoms with Crippen LogP contribution in [0.1, 0.15) is 24.8 Å². The second-order valence-corrected chi connectivity index (χ2v) is 4.35. The van der Waals surface area contributed by atoms with E-state index in [1.165, 1.54) is 0 Å². The topological polar surface area (TPSA) is 53.1 Å². The molecule has 0 bridgehead atoms. The first kappa shape index (κ1) is 10.1. The Morgan fingerprint density at radius 2 is 2.00 bits per heavy atom. The zero-order valence-corrected chi connectivity index (χ0v) is 9.36. The van der Waals surface area contributed by atoms with Gasteiger partial charge < -0.3 is 10.1 Å². The molecule has 1 heterocycles. The molecule has 3 nitrogen and oxygen atoms in total. The Balaban J connectivity index is 2.24. The number of para-hydroxylation sites is 1. The number of aromatic nitrogens is 1. The highest BCUT2D eigenvalue weighted by Crippen LogP contribution is 2.32. The number of fused-ring (bicyclic) bond motifs is 1. The Morgan fingerprint density at radius 3 is 2.82 bits per heavy atom. The Morgan fingerprint density at radius 1 is 1.18 bits per heavy atom. The monoisotopic (exact) mass is 227 g/mol. The van der Waals surface area contributed by atoms with Crippen LogP contribution in [0, 0.1) is 0 Å². The van der Waals surface area contributed by atoms with Gasteiger partial charge in [-0.1, -0.05) is 18.2 Å². The molecule has 0 aliphatic heterocycles. The highest BCUT2D eigenvalue weighted by Gasteiger charge is 2.23. The third-order valence-electron chi connectivity index (χ3n) is 3.24. The summed E-state index contributed by atoms with van der Waals surface area (Å²) in [6.45, 7) is 0. The number of Topliss-reactive ketones (excluding diaryl/α,β-unsaturated/α-hetero) is 1. The molecule has 1 aromatic carbocycles. The summed E-state index contributed by atoms with van der Waals surface area (Å²) in [5, 5.41) is 10.9. The largest absolute Gasteiger partial charge is 0.512 e. The number of rotatable bonds is 1. The van der Waals surface area contributed by atoms with Gasteiger partial charge in [0.1, 0.15) is 5.76 Å². The minimum Gasteiger partial charge on any atom is -0.512 e. The molecular weight excluding hydrogens is 214 g/mol. The fourth-order valence-corrected chi connectivity index (χ4v) is 2.41. The zero-order valence-electron chi connectivity index (χ0n) is 9.36. The molecule has 1 aliphatic carbocycles. The second kappa shape index (κ2) is 3.77. The van der Waals surface area contributed by atoms with Gasteiger partial charge in [-0.15, -0.1) is 0 Å². The van der Waals surface area contributed by atoms with Crippen LogP contribution in [-0.2, 0) is 4.79 Å². The Hall–Kier alpha value is -2.03. The normalized spacial score (nSPS) is 16.8. The van der Waals surface area contributed by atoms with Crippen molar-refractivity contribution in [2.24, 2.45) is 0 Å². The molecule has 0 fully saturated rings. The van der Waals surface area contributed by atoms with Gasteiger partial charge in [-0.3, -0.25) is 4.79 Å². The minimum absolute atomic E-state index is 0.0403. The first-order valence-corrected chi connectivity index (χ1v) is 5.79. The third kappa shape index (κ3) is 1.55. The van der Waals surface area contributed by atoms with Crippen molar-refractivity contribution in [2.75, 3.05) is 0 Å². The molecular formula is C14H13NO2. The van der Waals surface area contributed by atoms with Crippen LogP contribution in [0.3, 0.4) is 0 Å². The van der Waals surface area contributed by atoms with Crippen LogP contribution >= 0.6 is 0 Å². The minimum atomic E-state index is 0.0403. The van der Waals surface area contributed by atoms with Gasteiger partial charge >= 0.3 is 0 Å². The molecule has 86 valence electrons. The van der Waals surface area contributed by atoms with Crippen molar-refractivity contribution in [1.82, 2.24) is 4.98 Å². The number of carbonyl (C=O) groups is 1. The average molecular weight is 227 g/mol. The third-order valence-corrected chi connectivity index (χ3v) is 3.24. The number of hydrogen-bond donors (Lipinski definition) is 2. The molecule has 0 saturated carbocycles. The van der Waals surface area contributed by atoms with Gasteiger partial charge in [-0.25, -0.2) is 0 Å². The summed E-state index contributed by atoms with van der Waals surface area (Å²) in [5.74, 6) is 0.268. The molecule has 0 atom stereocenters. The molecule has 3 heteroatoms. The van der Waals surface area contributed by atoms with E-state index < -0.39 is 0 Å². The van der Waals surface area contributed by atoms with Gasteiger partial charge in [-0.2, -0.15) is 0 Å². The number of hydrogen-bond acceptors (Lipinski definition) is 2. The number of carbonyl (C=O) groups excluding carboxylic acids is 1. The van der Waals surface area contributed by atoms with E-state index >= 15 is 0 Å². The molecule has 0 radical (unpaired) electrons. The van der Waals surface area contributed by atoms with Crippen LogP contribution in [0.25, 0.3) is 16.5 Å². The Labute approximate surface area is 98.8 Å². The molecule has 0 amide bonds. The zero-order chi connectivity index (χ0) is 11.8. The van der Waals surface area contributed by atoms with Crippen molar-refractivity contribution >= 4 is 22.3 Å². The molecule has 1 aliphatic rings. The maximum atomic E-state index is 11.9. The maximum absolute atomic E-state index is 11.9. The lowest BCUT2D eigenvalue weighted by Crippen LogP contribution is -2.10. The maximum Gasteiger partial charge on any atom is 0.166 e. The molecule has 2 aromatic rings. The number of allylic oxidation sites excluding steroid dienone is 2. The molecule has 0 spiro atoms. The first-order chi connectivity index (χ1) is 8.27. The van der Waals surface area contributed by atoms with E-state index in [0.717, 1.165) is 22.9 Å². The van der Waals surface area contributed by atoms with E-state index in [2.05, 4.69) is 4.98 Å². The van der Waals surface area contributed by atoms with Gasteiger partial charge in [0.2, 0.25) is 0 Å². The Kier molecular flexibility index (Phi) is 2.25. The van der Waals surface area contributed by atoms with E-state index in [0.29, 0.717) is 18.4 Å². The standard InChI is InChI=1S/C14H13NO2/c16-12-6-3-7-13(17)14(12)10-8-15-11-5-2-1-4-9(10)11/h1-2,4-5,8,15-16H,3,6-7H2. The number of ketones is 1. The molecule has 1 aromatic heterocycles. The van der Waals surface area contributed by atoms with Gasteiger partial charge in [0.15, 0.2) is 5.78 Å². The summed E-state index contributed by atoms with van der Waals surface area (Å²) < 4.78 is 0. The lowest BCUT2D eigenvalue weighted by molar-refractivity contribution is -0.114. The van der Waals surface area contributed by atoms with E-state index in [1.807, 2.05) is 24.3 Å². The first-order valence-electron chi connectivity index (χ1n) is 5.79. The van der Waals surface area contributed by atoms with Crippen LogP contribution in [0.2, 0.25) is 0 Å². The van der Waals surface area contributed by atoms with Gasteiger partial charge in [0.25, 0.3) is 0 Å². The lowest BCUT2D eigenvalue weighted by atomic mass is 9.91. The highest BCUT2D eigenvalue weighted by molar-refractivity contribution is 6.24. The van der Waals surface area contributed by atoms with Crippen molar-refractivity contribution in [1.29, 1.82) is 0 Å². The van der Waals surface area contributed by atoms with E-state index in [4.69, 9.17) is 0 Å². The van der Waals surface area contributed by atoms with Crippen LogP contribution in [0.4, 0.5) is 0 Å². The highest BCUT2D eigenvalue weighted by atomic mass is 16.3. The van der Waals surface area contributed by atoms with E-state index in [1.54, 1.807) is 6.20 Å². The predicted molar refractivity (Wildman–Crippen MR) is 66.7 cm³/mol. The van der Waals surface area contributed by atoms with Crippen LogP contribution < -0.4 is 0 Å². The lowest BCUT2D eigenvalue weighted by Gasteiger charge is -2.14. The molecule has 0 saturated heterocycles. The smallest absolute Gasteiger partial charge is 0.166 e. The number of aliphatic hydroxyl groups excluding tert-OH is 1. The molecule has 0 unspecified atom stereocenters. The predicted octanol–water partition coefficient (Wildman–Crippen LogP) is 3.19. The summed E-state index contributed by atoms with van der Waals surface area (Å²) in [6, 6.07) is 7.80. The van der Waals surface area contributed by atoms with Gasteiger partial charge in [-0.05, 0) is 12.5 Å². The van der Waals surface area contributed by atoms with Crippen molar-refractivity contribution in [2.45, 2.75) is 19.3 Å². The number of benzene rings is 1. The van der Waals surface area contributed by atoms with Crippen LogP contribution in [0.15, 0.2) is 36.2 Å². The van der Waals surface area contributed by atoms with Crippen molar-refractivity contribution in [3.63, 3.8) is 0 Å². The van der Waals surface area contributed by atoms with E-state index in [-0.39, 0.29) is 11.5 Å². The number of aromatic amines is 1. The number of aliphatic hydroxyl groups is 1. The summed E-state index contributed by atoms with van der Waals surface area (Å²) >= 11 is 0. The summed E-state index contributed by atoms with van der Waals surface area (Å²) in [6.07, 6.45) is 3.68. The van der Waals surface area contributed by atoms with Crippen molar-refractivity contribution < 1.29 is 9.90 Å². The second-order valence-electron chi connectivity index (χ2n) is 4.35. The average Bonchev–Trinajstić information content (AvgIpc) is 2.73. The van der Waals surface area contributed by atoms with Crippen molar-refractivity contribution in [3.05, 3.63) is 41.8 Å². The summed E-state index contributed by atoms with van der Waals surface area (Å²) in [7, 11) is 0. The summed E-state index contributed by atoms with van der Waals surface area (Å²) in [4.78, 5) is 15.0. The summed E-state index contributed by atoms with van der Waals surface area (Å²) in [5.41, 5.74) is 2.30. The van der Waals surface area contributed by atoms with E-state index in [9.17, 15) is 9.90 Å². The molecule has 17 heavy (non-hydrogen) atoms. The van der Waals surface area contributed by atoms with Crippen LogP contribution in [-0.4, -0.2) is 15.9 Å². The fourth-order valence-electron chi connectivity index (χ4n) is 2.41. The Bertz CT molecular complexity index is 622. The number of nitrogens with one attached hydrogen (secondary N) is 1. The van der Waals surface area contributed by atoms with Crippen molar-refractivity contribution in [3.8, 4) is 0 Å². The quantitative estimate of drug-likeness (QED) is 0.786. The molecule has 3 rings (SSSR count).